The molecule has 0 saturated heterocycles. The summed E-state index contributed by atoms with van der Waals surface area (Å²) in [4.78, 5) is 15.3. The van der Waals surface area contributed by atoms with Gasteiger partial charge in [0.15, 0.2) is 0 Å². The van der Waals surface area contributed by atoms with E-state index in [0.717, 1.165) is 44.8 Å². The van der Waals surface area contributed by atoms with E-state index in [2.05, 4.69) is 38.1 Å². The van der Waals surface area contributed by atoms with Crippen LogP contribution < -0.4 is 4.74 Å². The molecule has 3 heterocycles. The molecule has 0 aliphatic rings. The normalized spacial score (nSPS) is 11.3. The molecule has 0 atom stereocenters. The van der Waals surface area contributed by atoms with Gasteiger partial charge in [-0.3, -0.25) is 0 Å². The number of rotatable bonds is 2. The third-order valence-corrected chi connectivity index (χ3v) is 3.65. The summed E-state index contributed by atoms with van der Waals surface area (Å²) in [5.74, 6) is 1.67. The van der Waals surface area contributed by atoms with Crippen molar-refractivity contribution in [2.45, 2.75) is 6.92 Å². The van der Waals surface area contributed by atoms with Gasteiger partial charge in [-0.1, -0.05) is 6.07 Å². The minimum Gasteiger partial charge on any atom is -0.495 e. The highest BCUT2D eigenvalue weighted by atomic mass is 16.5. The SMILES string of the molecule is COc1cnc2[nH]cc(-c3ccc4[nH]c(C)nc4c3)c2c1. The third kappa shape index (κ3) is 1.86. The van der Waals surface area contributed by atoms with Gasteiger partial charge in [-0.2, -0.15) is 0 Å². The third-order valence-electron chi connectivity index (χ3n) is 3.65. The summed E-state index contributed by atoms with van der Waals surface area (Å²) in [6.45, 7) is 1.96. The lowest BCUT2D eigenvalue weighted by Crippen LogP contribution is -1.84. The maximum Gasteiger partial charge on any atom is 0.138 e. The number of aromatic amines is 2. The van der Waals surface area contributed by atoms with Crippen LogP contribution in [0.1, 0.15) is 5.82 Å². The van der Waals surface area contributed by atoms with E-state index in [0.29, 0.717) is 0 Å². The molecule has 104 valence electrons. The van der Waals surface area contributed by atoms with Gasteiger partial charge in [-0.15, -0.1) is 0 Å². The molecule has 0 fully saturated rings. The molecule has 2 N–H and O–H groups in total. The Morgan fingerprint density at radius 2 is 2.10 bits per heavy atom. The topological polar surface area (TPSA) is 66.6 Å². The maximum atomic E-state index is 5.26. The van der Waals surface area contributed by atoms with Crippen LogP contribution in [0.5, 0.6) is 5.75 Å². The second kappa shape index (κ2) is 4.34. The number of imidazole rings is 1. The number of benzene rings is 1. The number of aryl methyl sites for hydroxylation is 1. The van der Waals surface area contributed by atoms with Crippen LogP contribution >= 0.6 is 0 Å². The van der Waals surface area contributed by atoms with Crippen molar-refractivity contribution < 1.29 is 4.74 Å². The number of methoxy groups -OCH3 is 1. The summed E-state index contributed by atoms with van der Waals surface area (Å²) in [5.41, 5.74) is 5.07. The minimum absolute atomic E-state index is 0.750. The molecule has 4 aromatic rings. The van der Waals surface area contributed by atoms with Crippen LogP contribution in [0.25, 0.3) is 33.2 Å². The fourth-order valence-electron chi connectivity index (χ4n) is 2.64. The molecule has 0 saturated carbocycles. The van der Waals surface area contributed by atoms with E-state index in [9.17, 15) is 0 Å². The van der Waals surface area contributed by atoms with E-state index in [1.165, 1.54) is 0 Å². The largest absolute Gasteiger partial charge is 0.495 e. The number of H-pyrrole nitrogens is 2. The lowest BCUT2D eigenvalue weighted by atomic mass is 10.1. The standard InChI is InChI=1S/C16H14N4O/c1-9-19-14-4-3-10(5-15(14)20-9)13-8-18-16-12(13)6-11(21-2)7-17-16/h3-8H,1-2H3,(H,17,18)(H,19,20). The van der Waals surface area contributed by atoms with Gasteiger partial charge in [-0.25, -0.2) is 9.97 Å². The average molecular weight is 278 g/mol. The predicted molar refractivity (Wildman–Crippen MR) is 82.5 cm³/mol. The molecule has 4 rings (SSSR count). The van der Waals surface area contributed by atoms with E-state index in [-0.39, 0.29) is 0 Å². The Bertz CT molecular complexity index is 951. The smallest absolute Gasteiger partial charge is 0.138 e. The molecule has 3 aromatic heterocycles. The highest BCUT2D eigenvalue weighted by molar-refractivity contribution is 5.96. The molecule has 0 radical (unpaired) electrons. The lowest BCUT2D eigenvalue weighted by molar-refractivity contribution is 0.414. The maximum absolute atomic E-state index is 5.26. The fourth-order valence-corrected chi connectivity index (χ4v) is 2.64. The summed E-state index contributed by atoms with van der Waals surface area (Å²) in [6.07, 6.45) is 3.68. The van der Waals surface area contributed by atoms with Gasteiger partial charge in [-0.05, 0) is 30.7 Å². The van der Waals surface area contributed by atoms with Gasteiger partial charge in [0.2, 0.25) is 0 Å². The van der Waals surface area contributed by atoms with Gasteiger partial charge >= 0.3 is 0 Å². The van der Waals surface area contributed by atoms with Crippen LogP contribution in [0.2, 0.25) is 0 Å². The van der Waals surface area contributed by atoms with E-state index in [4.69, 9.17) is 4.74 Å². The van der Waals surface area contributed by atoms with E-state index < -0.39 is 0 Å². The molecule has 5 nitrogen and oxygen atoms in total. The van der Waals surface area contributed by atoms with Crippen LogP contribution in [0.3, 0.4) is 0 Å². The summed E-state index contributed by atoms with van der Waals surface area (Å²) < 4.78 is 5.26. The van der Waals surface area contributed by atoms with Crippen molar-refractivity contribution in [1.29, 1.82) is 0 Å². The molecule has 0 amide bonds. The zero-order valence-electron chi connectivity index (χ0n) is 11.8. The predicted octanol–water partition coefficient (Wildman–Crippen LogP) is 3.42. The van der Waals surface area contributed by atoms with E-state index in [1.807, 2.05) is 19.2 Å². The molecule has 0 aliphatic heterocycles. The minimum atomic E-state index is 0.750. The Morgan fingerprint density at radius 1 is 1.19 bits per heavy atom. The second-order valence-electron chi connectivity index (χ2n) is 5.03. The number of hydrogen-bond acceptors (Lipinski definition) is 3. The Morgan fingerprint density at radius 3 is 2.95 bits per heavy atom. The number of nitrogens with one attached hydrogen (secondary N) is 2. The van der Waals surface area contributed by atoms with Crippen molar-refractivity contribution in [1.82, 2.24) is 19.9 Å². The van der Waals surface area contributed by atoms with Crippen molar-refractivity contribution in [2.75, 3.05) is 7.11 Å². The van der Waals surface area contributed by atoms with Crippen LogP contribution in [-0.4, -0.2) is 27.0 Å². The fraction of sp³-hybridized carbons (Fsp3) is 0.125. The molecule has 0 bridgehead atoms. The molecule has 0 spiro atoms. The first-order valence-corrected chi connectivity index (χ1v) is 6.72. The Kier molecular flexibility index (Phi) is 2.47. The van der Waals surface area contributed by atoms with Crippen molar-refractivity contribution in [2.24, 2.45) is 0 Å². The first-order chi connectivity index (χ1) is 10.2. The van der Waals surface area contributed by atoms with Crippen molar-refractivity contribution in [3.05, 3.63) is 42.5 Å². The second-order valence-corrected chi connectivity index (χ2v) is 5.03. The first kappa shape index (κ1) is 12.0. The number of nitrogens with zero attached hydrogens (tertiary/aromatic N) is 2. The molecule has 21 heavy (non-hydrogen) atoms. The van der Waals surface area contributed by atoms with Crippen molar-refractivity contribution in [3.8, 4) is 16.9 Å². The van der Waals surface area contributed by atoms with Crippen LogP contribution in [0.4, 0.5) is 0 Å². The lowest BCUT2D eigenvalue weighted by Gasteiger charge is -2.02. The summed E-state index contributed by atoms with van der Waals surface area (Å²) in [5, 5.41) is 1.04. The molecular weight excluding hydrogens is 264 g/mol. The number of hydrogen-bond donors (Lipinski definition) is 2. The molecular formula is C16H14N4O. The van der Waals surface area contributed by atoms with Crippen LogP contribution in [0, 0.1) is 6.92 Å². The monoisotopic (exact) mass is 278 g/mol. The molecule has 0 aliphatic carbocycles. The van der Waals surface area contributed by atoms with E-state index >= 15 is 0 Å². The number of fused-ring (bicyclic) bond motifs is 2. The van der Waals surface area contributed by atoms with Crippen molar-refractivity contribution >= 4 is 22.1 Å². The van der Waals surface area contributed by atoms with Gasteiger partial charge < -0.3 is 14.7 Å². The number of aromatic nitrogens is 4. The number of pyridine rings is 1. The zero-order valence-corrected chi connectivity index (χ0v) is 11.8. The van der Waals surface area contributed by atoms with E-state index in [1.54, 1.807) is 13.3 Å². The summed E-state index contributed by atoms with van der Waals surface area (Å²) in [6, 6.07) is 8.22. The average Bonchev–Trinajstić information content (AvgIpc) is 3.07. The molecule has 5 heteroatoms. The quantitative estimate of drug-likeness (QED) is 0.590. The van der Waals surface area contributed by atoms with Gasteiger partial charge in [0.25, 0.3) is 0 Å². The Balaban J connectivity index is 1.94. The molecule has 0 unspecified atom stereocenters. The van der Waals surface area contributed by atoms with Gasteiger partial charge in [0, 0.05) is 17.1 Å². The van der Waals surface area contributed by atoms with Crippen LogP contribution in [0.15, 0.2) is 36.7 Å². The first-order valence-electron chi connectivity index (χ1n) is 6.72. The van der Waals surface area contributed by atoms with Gasteiger partial charge in [0.1, 0.15) is 17.2 Å². The Hall–Kier alpha value is -2.82. The zero-order chi connectivity index (χ0) is 14.4. The van der Waals surface area contributed by atoms with Gasteiger partial charge in [0.05, 0.1) is 24.3 Å². The highest BCUT2D eigenvalue weighted by Gasteiger charge is 2.10. The number of ether oxygens (including phenoxy) is 1. The summed E-state index contributed by atoms with van der Waals surface area (Å²) >= 11 is 0. The summed E-state index contributed by atoms with van der Waals surface area (Å²) in [7, 11) is 1.65. The van der Waals surface area contributed by atoms with Crippen molar-refractivity contribution in [3.63, 3.8) is 0 Å². The van der Waals surface area contributed by atoms with Crippen LogP contribution in [-0.2, 0) is 0 Å². The molecule has 1 aromatic carbocycles. The highest BCUT2D eigenvalue weighted by Crippen LogP contribution is 2.31. The Labute approximate surface area is 121 Å².